The van der Waals surface area contributed by atoms with Crippen LogP contribution in [0.4, 0.5) is 5.00 Å². The number of nitriles is 1. The topological polar surface area (TPSA) is 66.6 Å². The number of rotatable bonds is 6. The molecule has 0 fully saturated rings. The molecule has 2 N–H and O–H groups in total. The molecule has 0 bridgehead atoms. The van der Waals surface area contributed by atoms with Crippen LogP contribution in [0.25, 0.3) is 0 Å². The molecular formula is C21H26N3O2S+. The number of carbonyl (C=O) groups excluding carboxylic acids is 1. The third-order valence-electron chi connectivity index (χ3n) is 4.89. The van der Waals surface area contributed by atoms with E-state index in [4.69, 9.17) is 4.74 Å². The number of benzene rings is 1. The molecule has 6 heteroatoms. The molecule has 0 saturated carbocycles. The predicted octanol–water partition coefficient (Wildman–Crippen LogP) is 2.55. The van der Waals surface area contributed by atoms with E-state index in [1.165, 1.54) is 17.7 Å². The smallest absolute Gasteiger partial charge is 0.280 e. The lowest BCUT2D eigenvalue weighted by molar-refractivity contribution is -0.885. The molecule has 3 rings (SSSR count). The minimum Gasteiger partial charge on any atom is -0.497 e. The van der Waals surface area contributed by atoms with Crippen molar-refractivity contribution in [3.05, 3.63) is 45.8 Å². The average molecular weight is 385 g/mol. The first-order valence-electron chi connectivity index (χ1n) is 9.39. The van der Waals surface area contributed by atoms with E-state index < -0.39 is 0 Å². The Labute approximate surface area is 164 Å². The summed E-state index contributed by atoms with van der Waals surface area (Å²) in [5, 5.41) is 13.3. The van der Waals surface area contributed by atoms with Crippen molar-refractivity contribution in [2.45, 2.75) is 38.6 Å². The molecule has 1 aliphatic rings. The molecule has 142 valence electrons. The number of fused-ring (bicyclic) bond motifs is 1. The SMILES string of the molecule is COc1cccc(C[NH+](C)CC(=O)Nc2sc3c(c2C#N)CCCCC3)c1. The van der Waals surface area contributed by atoms with Gasteiger partial charge in [0.1, 0.15) is 23.4 Å². The number of nitrogens with one attached hydrogen (secondary N) is 2. The van der Waals surface area contributed by atoms with E-state index in [1.54, 1.807) is 18.4 Å². The fraction of sp³-hybridized carbons (Fsp3) is 0.429. The van der Waals surface area contributed by atoms with Gasteiger partial charge in [-0.15, -0.1) is 11.3 Å². The van der Waals surface area contributed by atoms with Gasteiger partial charge in [0, 0.05) is 10.4 Å². The van der Waals surface area contributed by atoms with Crippen molar-refractivity contribution < 1.29 is 14.4 Å². The summed E-state index contributed by atoms with van der Waals surface area (Å²) in [5.41, 5.74) is 2.96. The van der Waals surface area contributed by atoms with Crippen LogP contribution in [0.3, 0.4) is 0 Å². The van der Waals surface area contributed by atoms with Crippen LogP contribution in [0.15, 0.2) is 24.3 Å². The van der Waals surface area contributed by atoms with Crippen LogP contribution in [-0.2, 0) is 24.2 Å². The summed E-state index contributed by atoms with van der Waals surface area (Å²) < 4.78 is 5.25. The van der Waals surface area contributed by atoms with Crippen molar-refractivity contribution in [3.63, 3.8) is 0 Å². The highest BCUT2D eigenvalue weighted by Gasteiger charge is 2.22. The second-order valence-corrected chi connectivity index (χ2v) is 8.20. The van der Waals surface area contributed by atoms with Gasteiger partial charge in [-0.3, -0.25) is 4.79 Å². The highest BCUT2D eigenvalue weighted by molar-refractivity contribution is 7.16. The molecule has 0 aliphatic heterocycles. The van der Waals surface area contributed by atoms with Gasteiger partial charge in [0.25, 0.3) is 5.91 Å². The van der Waals surface area contributed by atoms with Crippen LogP contribution in [0.2, 0.25) is 0 Å². The van der Waals surface area contributed by atoms with Gasteiger partial charge in [-0.05, 0) is 43.4 Å². The normalized spacial score (nSPS) is 14.6. The van der Waals surface area contributed by atoms with Crippen LogP contribution >= 0.6 is 11.3 Å². The largest absolute Gasteiger partial charge is 0.497 e. The molecule has 27 heavy (non-hydrogen) atoms. The molecule has 1 atom stereocenters. The van der Waals surface area contributed by atoms with Crippen LogP contribution < -0.4 is 15.0 Å². The summed E-state index contributed by atoms with van der Waals surface area (Å²) in [4.78, 5) is 14.9. The minimum absolute atomic E-state index is 0.0525. The molecule has 1 amide bonds. The number of hydrogen-bond donors (Lipinski definition) is 2. The number of nitrogens with zero attached hydrogens (tertiary/aromatic N) is 1. The first kappa shape index (κ1) is 19.4. The Kier molecular flexibility index (Phi) is 6.49. The molecule has 0 saturated heterocycles. The van der Waals surface area contributed by atoms with Gasteiger partial charge in [0.05, 0.1) is 19.7 Å². The number of aryl methyl sites for hydroxylation is 1. The fourth-order valence-corrected chi connectivity index (χ4v) is 4.84. The minimum atomic E-state index is -0.0525. The first-order chi connectivity index (χ1) is 13.1. The number of anilines is 1. The van der Waals surface area contributed by atoms with E-state index in [2.05, 4.69) is 11.4 Å². The number of carbonyl (C=O) groups is 1. The molecule has 1 heterocycles. The summed E-state index contributed by atoms with van der Waals surface area (Å²) in [7, 11) is 3.65. The number of amides is 1. The van der Waals surface area contributed by atoms with Crippen molar-refractivity contribution in [1.29, 1.82) is 5.26 Å². The van der Waals surface area contributed by atoms with Crippen molar-refractivity contribution in [1.82, 2.24) is 0 Å². The molecular weight excluding hydrogens is 358 g/mol. The van der Waals surface area contributed by atoms with Crippen molar-refractivity contribution in [2.24, 2.45) is 0 Å². The Bertz CT molecular complexity index is 854. The van der Waals surface area contributed by atoms with Gasteiger partial charge in [-0.1, -0.05) is 18.6 Å². The van der Waals surface area contributed by atoms with Crippen LogP contribution in [-0.4, -0.2) is 26.6 Å². The van der Waals surface area contributed by atoms with Gasteiger partial charge in [-0.2, -0.15) is 5.26 Å². The maximum absolute atomic E-state index is 12.5. The van der Waals surface area contributed by atoms with Crippen LogP contribution in [0.5, 0.6) is 5.75 Å². The summed E-state index contributed by atoms with van der Waals surface area (Å²) >= 11 is 1.58. The zero-order valence-corrected chi connectivity index (χ0v) is 16.7. The summed E-state index contributed by atoms with van der Waals surface area (Å²) in [6, 6.07) is 10.2. The Morgan fingerprint density at radius 2 is 2.15 bits per heavy atom. The van der Waals surface area contributed by atoms with E-state index in [0.29, 0.717) is 12.1 Å². The molecule has 1 aliphatic carbocycles. The third kappa shape index (κ3) is 4.88. The second kappa shape index (κ2) is 9.03. The highest BCUT2D eigenvalue weighted by atomic mass is 32.1. The molecule has 0 radical (unpaired) electrons. The predicted molar refractivity (Wildman–Crippen MR) is 107 cm³/mol. The maximum atomic E-state index is 12.5. The van der Waals surface area contributed by atoms with E-state index in [-0.39, 0.29) is 5.91 Å². The molecule has 1 aromatic heterocycles. The number of methoxy groups -OCH3 is 1. The molecule has 5 nitrogen and oxygen atoms in total. The van der Waals surface area contributed by atoms with E-state index in [0.717, 1.165) is 52.6 Å². The van der Waals surface area contributed by atoms with Gasteiger partial charge < -0.3 is 15.0 Å². The van der Waals surface area contributed by atoms with Gasteiger partial charge >= 0.3 is 0 Å². The number of thiophene rings is 1. The fourth-order valence-electron chi connectivity index (χ4n) is 3.59. The zero-order valence-electron chi connectivity index (χ0n) is 15.9. The average Bonchev–Trinajstić information content (AvgIpc) is 2.81. The van der Waals surface area contributed by atoms with Crippen molar-refractivity contribution >= 4 is 22.2 Å². The molecule has 1 unspecified atom stereocenters. The number of quaternary nitrogens is 1. The standard InChI is InChI=1S/C21H25N3O2S/c1-24(13-15-7-6-8-16(11-15)26-2)14-20(25)23-21-18(12-22)17-9-4-3-5-10-19(17)27-21/h6-8,11H,3-5,9-10,13-14H2,1-2H3,(H,23,25)/p+1. The van der Waals surface area contributed by atoms with E-state index in [9.17, 15) is 10.1 Å². The monoisotopic (exact) mass is 384 g/mol. The quantitative estimate of drug-likeness (QED) is 0.752. The maximum Gasteiger partial charge on any atom is 0.280 e. The first-order valence-corrected chi connectivity index (χ1v) is 10.2. The Morgan fingerprint density at radius 1 is 1.33 bits per heavy atom. The zero-order chi connectivity index (χ0) is 19.2. The summed E-state index contributed by atoms with van der Waals surface area (Å²) in [5.74, 6) is 0.770. The second-order valence-electron chi connectivity index (χ2n) is 7.09. The lowest BCUT2D eigenvalue weighted by Gasteiger charge is -2.14. The van der Waals surface area contributed by atoms with Crippen molar-refractivity contribution in [3.8, 4) is 11.8 Å². The summed E-state index contributed by atoms with van der Waals surface area (Å²) in [6.45, 7) is 1.08. The van der Waals surface area contributed by atoms with Crippen LogP contribution in [0.1, 0.15) is 40.8 Å². The van der Waals surface area contributed by atoms with Gasteiger partial charge in [0.2, 0.25) is 0 Å². The van der Waals surface area contributed by atoms with Crippen LogP contribution in [0, 0.1) is 11.3 Å². The van der Waals surface area contributed by atoms with Gasteiger partial charge in [-0.25, -0.2) is 0 Å². The molecule has 2 aromatic rings. The highest BCUT2D eigenvalue weighted by Crippen LogP contribution is 2.36. The Morgan fingerprint density at radius 3 is 2.93 bits per heavy atom. The Hall–Kier alpha value is -2.36. The van der Waals surface area contributed by atoms with E-state index >= 15 is 0 Å². The lowest BCUT2D eigenvalue weighted by Crippen LogP contribution is -3.08. The lowest BCUT2D eigenvalue weighted by atomic mass is 10.1. The molecule has 1 aromatic carbocycles. The number of hydrogen-bond acceptors (Lipinski definition) is 4. The molecule has 0 spiro atoms. The Balaban J connectivity index is 1.63. The third-order valence-corrected chi connectivity index (χ3v) is 6.10. The number of ether oxygens (including phenoxy) is 1. The summed E-state index contributed by atoms with van der Waals surface area (Å²) in [6.07, 6.45) is 5.47. The van der Waals surface area contributed by atoms with Crippen molar-refractivity contribution in [2.75, 3.05) is 26.0 Å². The number of likely N-dealkylation sites (N-methyl/N-ethyl adjacent to an activating group) is 1. The van der Waals surface area contributed by atoms with E-state index in [1.807, 2.05) is 31.3 Å². The van der Waals surface area contributed by atoms with Gasteiger partial charge in [0.15, 0.2) is 6.54 Å².